The van der Waals surface area contributed by atoms with Crippen molar-refractivity contribution < 1.29 is 9.53 Å². The number of carbonyl (C=O) groups is 1. The monoisotopic (exact) mass is 242 g/mol. The third-order valence-corrected chi connectivity index (χ3v) is 2.33. The van der Waals surface area contributed by atoms with E-state index in [2.05, 4.69) is 9.97 Å². The van der Waals surface area contributed by atoms with E-state index in [-0.39, 0.29) is 6.10 Å². The maximum absolute atomic E-state index is 10.7. The lowest BCUT2D eigenvalue weighted by atomic mass is 10.1. The summed E-state index contributed by atoms with van der Waals surface area (Å²) in [6.45, 7) is 3.96. The van der Waals surface area contributed by atoms with Crippen LogP contribution >= 0.6 is 0 Å². The van der Waals surface area contributed by atoms with E-state index >= 15 is 0 Å². The average Bonchev–Trinajstić information content (AvgIpc) is 2.39. The van der Waals surface area contributed by atoms with Gasteiger partial charge in [-0.05, 0) is 44.2 Å². The second-order valence-electron chi connectivity index (χ2n) is 4.14. The molecule has 0 radical (unpaired) electrons. The molecule has 0 saturated carbocycles. The van der Waals surface area contributed by atoms with Crippen LogP contribution < -0.4 is 4.74 Å². The minimum Gasteiger partial charge on any atom is -0.491 e. The van der Waals surface area contributed by atoms with Gasteiger partial charge < -0.3 is 4.74 Å². The molecule has 2 aromatic rings. The average molecular weight is 242 g/mol. The highest BCUT2D eigenvalue weighted by molar-refractivity contribution is 5.74. The molecule has 0 saturated heterocycles. The minimum atomic E-state index is 0.150. The molecule has 1 aromatic carbocycles. The molecule has 0 N–H and O–H groups in total. The standard InChI is InChI=1S/C14H14N2O2/c1-10(2)18-13-5-3-11(4-6-13)14-7-12(8-17)15-9-16-14/h3-10H,1-2H3. The Bertz CT molecular complexity index is 536. The van der Waals surface area contributed by atoms with Crippen LogP contribution in [0.3, 0.4) is 0 Å². The van der Waals surface area contributed by atoms with E-state index in [1.165, 1.54) is 6.33 Å². The molecule has 18 heavy (non-hydrogen) atoms. The maximum atomic E-state index is 10.7. The molecule has 0 bridgehead atoms. The molecule has 2 rings (SSSR count). The first-order chi connectivity index (χ1) is 8.69. The van der Waals surface area contributed by atoms with Gasteiger partial charge in [-0.1, -0.05) is 0 Å². The summed E-state index contributed by atoms with van der Waals surface area (Å²) in [7, 11) is 0. The fourth-order valence-corrected chi connectivity index (χ4v) is 1.57. The highest BCUT2D eigenvalue weighted by Gasteiger charge is 2.03. The molecule has 1 heterocycles. The highest BCUT2D eigenvalue weighted by atomic mass is 16.5. The minimum absolute atomic E-state index is 0.150. The summed E-state index contributed by atoms with van der Waals surface area (Å²) < 4.78 is 5.56. The number of benzene rings is 1. The molecule has 1 aromatic heterocycles. The van der Waals surface area contributed by atoms with E-state index in [0.29, 0.717) is 12.0 Å². The van der Waals surface area contributed by atoms with Crippen molar-refractivity contribution in [2.24, 2.45) is 0 Å². The van der Waals surface area contributed by atoms with Crippen molar-refractivity contribution in [2.75, 3.05) is 0 Å². The van der Waals surface area contributed by atoms with Crippen LogP contribution in [0.5, 0.6) is 5.75 Å². The van der Waals surface area contributed by atoms with Gasteiger partial charge in [0.05, 0.1) is 11.8 Å². The maximum Gasteiger partial charge on any atom is 0.168 e. The quantitative estimate of drug-likeness (QED) is 0.773. The van der Waals surface area contributed by atoms with Gasteiger partial charge in [-0.25, -0.2) is 9.97 Å². The van der Waals surface area contributed by atoms with Gasteiger partial charge in [0.25, 0.3) is 0 Å². The number of rotatable bonds is 4. The fraction of sp³-hybridized carbons (Fsp3) is 0.214. The lowest BCUT2D eigenvalue weighted by molar-refractivity contribution is 0.111. The van der Waals surface area contributed by atoms with Crippen LogP contribution in [0.4, 0.5) is 0 Å². The number of carbonyl (C=O) groups excluding carboxylic acids is 1. The van der Waals surface area contributed by atoms with Gasteiger partial charge in [0.15, 0.2) is 6.29 Å². The van der Waals surface area contributed by atoms with Crippen molar-refractivity contribution in [3.05, 3.63) is 42.4 Å². The Balaban J connectivity index is 2.25. The fourth-order valence-electron chi connectivity index (χ4n) is 1.57. The lowest BCUT2D eigenvalue weighted by Gasteiger charge is -2.09. The molecular weight excluding hydrogens is 228 g/mol. The molecule has 0 spiro atoms. The molecular formula is C14H14N2O2. The van der Waals surface area contributed by atoms with Crippen LogP contribution in [0.15, 0.2) is 36.7 Å². The summed E-state index contributed by atoms with van der Waals surface area (Å²) in [5.74, 6) is 0.818. The van der Waals surface area contributed by atoms with E-state index in [9.17, 15) is 4.79 Å². The number of hydrogen-bond donors (Lipinski definition) is 0. The number of aldehydes is 1. The Morgan fingerprint density at radius 2 is 1.89 bits per heavy atom. The van der Waals surface area contributed by atoms with Gasteiger partial charge in [-0.15, -0.1) is 0 Å². The van der Waals surface area contributed by atoms with Gasteiger partial charge in [-0.3, -0.25) is 4.79 Å². The second-order valence-corrected chi connectivity index (χ2v) is 4.14. The number of hydrogen-bond acceptors (Lipinski definition) is 4. The molecule has 0 amide bonds. The predicted molar refractivity (Wildman–Crippen MR) is 68.6 cm³/mol. The zero-order valence-corrected chi connectivity index (χ0v) is 10.3. The third kappa shape index (κ3) is 2.91. The highest BCUT2D eigenvalue weighted by Crippen LogP contribution is 2.21. The van der Waals surface area contributed by atoms with Crippen LogP contribution in [-0.2, 0) is 0 Å². The molecule has 0 aliphatic carbocycles. The molecule has 0 aliphatic rings. The second kappa shape index (κ2) is 5.40. The van der Waals surface area contributed by atoms with Crippen LogP contribution in [-0.4, -0.2) is 22.4 Å². The normalized spacial score (nSPS) is 10.4. The lowest BCUT2D eigenvalue weighted by Crippen LogP contribution is -2.05. The summed E-state index contributed by atoms with van der Waals surface area (Å²) in [5, 5.41) is 0. The van der Waals surface area contributed by atoms with Crippen LogP contribution in [0.25, 0.3) is 11.3 Å². The van der Waals surface area contributed by atoms with E-state index in [1.54, 1.807) is 6.07 Å². The Hall–Kier alpha value is -2.23. The number of ether oxygens (including phenoxy) is 1. The van der Waals surface area contributed by atoms with Crippen molar-refractivity contribution in [1.29, 1.82) is 0 Å². The van der Waals surface area contributed by atoms with E-state index in [4.69, 9.17) is 4.74 Å². The van der Waals surface area contributed by atoms with Crippen molar-refractivity contribution in [3.8, 4) is 17.0 Å². The zero-order valence-electron chi connectivity index (χ0n) is 10.3. The van der Waals surface area contributed by atoms with Gasteiger partial charge in [0, 0.05) is 5.56 Å². The van der Waals surface area contributed by atoms with Crippen molar-refractivity contribution in [1.82, 2.24) is 9.97 Å². The zero-order chi connectivity index (χ0) is 13.0. The molecule has 0 aliphatic heterocycles. The topological polar surface area (TPSA) is 52.1 Å². The van der Waals surface area contributed by atoms with E-state index in [1.807, 2.05) is 38.1 Å². The SMILES string of the molecule is CC(C)Oc1ccc(-c2cc(C=O)ncn2)cc1. The molecule has 4 nitrogen and oxygen atoms in total. The molecule has 0 atom stereocenters. The number of nitrogens with zero attached hydrogens (tertiary/aromatic N) is 2. The first-order valence-corrected chi connectivity index (χ1v) is 5.73. The first-order valence-electron chi connectivity index (χ1n) is 5.73. The predicted octanol–water partition coefficient (Wildman–Crippen LogP) is 2.74. The molecule has 92 valence electrons. The summed E-state index contributed by atoms with van der Waals surface area (Å²) in [6, 6.07) is 9.25. The van der Waals surface area contributed by atoms with Crippen molar-refractivity contribution in [2.45, 2.75) is 20.0 Å². The van der Waals surface area contributed by atoms with Crippen molar-refractivity contribution in [3.63, 3.8) is 0 Å². The Kier molecular flexibility index (Phi) is 3.67. The largest absolute Gasteiger partial charge is 0.491 e. The summed E-state index contributed by atoms with van der Waals surface area (Å²) in [4.78, 5) is 18.6. The molecule has 0 fully saturated rings. The van der Waals surface area contributed by atoms with Gasteiger partial charge >= 0.3 is 0 Å². The summed E-state index contributed by atoms with van der Waals surface area (Å²) >= 11 is 0. The van der Waals surface area contributed by atoms with Crippen LogP contribution in [0, 0.1) is 0 Å². The van der Waals surface area contributed by atoms with Gasteiger partial charge in [0.1, 0.15) is 17.8 Å². The Morgan fingerprint density at radius 1 is 1.17 bits per heavy atom. The molecule has 0 unspecified atom stereocenters. The van der Waals surface area contributed by atoms with E-state index in [0.717, 1.165) is 17.0 Å². The van der Waals surface area contributed by atoms with Gasteiger partial charge in [0.2, 0.25) is 0 Å². The Labute approximate surface area is 106 Å². The molecule has 4 heteroatoms. The number of aromatic nitrogens is 2. The third-order valence-electron chi connectivity index (χ3n) is 2.33. The summed E-state index contributed by atoms with van der Waals surface area (Å²) in [5.41, 5.74) is 2.03. The van der Waals surface area contributed by atoms with Crippen molar-refractivity contribution >= 4 is 6.29 Å². The summed E-state index contributed by atoms with van der Waals surface area (Å²) in [6.07, 6.45) is 2.25. The van der Waals surface area contributed by atoms with Crippen LogP contribution in [0.1, 0.15) is 24.3 Å². The van der Waals surface area contributed by atoms with Crippen LogP contribution in [0.2, 0.25) is 0 Å². The van der Waals surface area contributed by atoms with Gasteiger partial charge in [-0.2, -0.15) is 0 Å². The Morgan fingerprint density at radius 3 is 2.50 bits per heavy atom. The first kappa shape index (κ1) is 12.2. The van der Waals surface area contributed by atoms with E-state index < -0.39 is 0 Å². The smallest absolute Gasteiger partial charge is 0.168 e.